The fourth-order valence-corrected chi connectivity index (χ4v) is 4.12. The van der Waals surface area contributed by atoms with E-state index in [1.54, 1.807) is 22.7 Å². The number of nitrogens with zero attached hydrogens (tertiary/aromatic N) is 3. The summed E-state index contributed by atoms with van der Waals surface area (Å²) in [5.41, 5.74) is 7.82. The lowest BCUT2D eigenvalue weighted by Gasteiger charge is -2.25. The molecule has 3 N–H and O–H groups in total. The van der Waals surface area contributed by atoms with Gasteiger partial charge >= 0.3 is 0 Å². The van der Waals surface area contributed by atoms with Crippen molar-refractivity contribution >= 4 is 34.1 Å². The molecule has 2 aromatic heterocycles. The first-order valence-corrected chi connectivity index (χ1v) is 8.61. The lowest BCUT2D eigenvalue weighted by atomic mass is 10.0. The molecule has 2 aromatic rings. The van der Waals surface area contributed by atoms with Gasteiger partial charge in [-0.3, -0.25) is 19.1 Å². The maximum atomic E-state index is 12.4. The van der Waals surface area contributed by atoms with Gasteiger partial charge in [-0.2, -0.15) is 5.10 Å². The number of carbonyl (C=O) groups is 3. The molecule has 9 heteroatoms. The Morgan fingerprint density at radius 3 is 2.64 bits per heavy atom. The number of fused-ring (bicyclic) bond motifs is 1. The Morgan fingerprint density at radius 1 is 1.36 bits per heavy atom. The summed E-state index contributed by atoms with van der Waals surface area (Å²) in [5.74, 6) is -0.997. The zero-order valence-electron chi connectivity index (χ0n) is 14.3. The third-order valence-corrected chi connectivity index (χ3v) is 5.45. The first-order valence-electron chi connectivity index (χ1n) is 7.79. The van der Waals surface area contributed by atoms with Crippen LogP contribution in [0.2, 0.25) is 0 Å². The summed E-state index contributed by atoms with van der Waals surface area (Å²) in [6, 6.07) is 1.67. The van der Waals surface area contributed by atoms with Crippen LogP contribution in [-0.2, 0) is 24.8 Å². The predicted molar refractivity (Wildman–Crippen MR) is 93.5 cm³/mol. The van der Waals surface area contributed by atoms with E-state index in [0.717, 1.165) is 16.1 Å². The van der Waals surface area contributed by atoms with Gasteiger partial charge in [-0.25, -0.2) is 0 Å². The average molecular weight is 361 g/mol. The fraction of sp³-hybridized carbons (Fsp3) is 0.375. The number of amides is 3. The molecule has 0 spiro atoms. The summed E-state index contributed by atoms with van der Waals surface area (Å²) in [4.78, 5) is 38.5. The fourth-order valence-electron chi connectivity index (χ4n) is 2.86. The van der Waals surface area contributed by atoms with Gasteiger partial charge in [0.25, 0.3) is 11.8 Å². The average Bonchev–Trinajstić information content (AvgIpc) is 3.06. The van der Waals surface area contributed by atoms with Gasteiger partial charge in [0.2, 0.25) is 5.91 Å². The number of aryl methyl sites for hydroxylation is 2. The van der Waals surface area contributed by atoms with Gasteiger partial charge in [0.1, 0.15) is 5.00 Å². The molecule has 3 heterocycles. The highest BCUT2D eigenvalue weighted by Crippen LogP contribution is 2.37. The van der Waals surface area contributed by atoms with E-state index < -0.39 is 11.8 Å². The number of carbonyl (C=O) groups excluding carboxylic acids is 3. The van der Waals surface area contributed by atoms with Crippen LogP contribution in [-0.4, -0.2) is 38.9 Å². The van der Waals surface area contributed by atoms with E-state index in [2.05, 4.69) is 10.4 Å². The van der Waals surface area contributed by atoms with E-state index in [-0.39, 0.29) is 11.6 Å². The van der Waals surface area contributed by atoms with Gasteiger partial charge in [0.05, 0.1) is 12.1 Å². The molecule has 25 heavy (non-hydrogen) atoms. The monoisotopic (exact) mass is 361 g/mol. The number of thiophene rings is 1. The second kappa shape index (κ2) is 6.32. The summed E-state index contributed by atoms with van der Waals surface area (Å²) in [5, 5.41) is 7.30. The van der Waals surface area contributed by atoms with Crippen molar-refractivity contribution in [2.45, 2.75) is 26.8 Å². The van der Waals surface area contributed by atoms with Crippen LogP contribution < -0.4 is 11.1 Å². The third kappa shape index (κ3) is 3.14. The maximum absolute atomic E-state index is 12.4. The van der Waals surface area contributed by atoms with Crippen LogP contribution in [0.15, 0.2) is 6.07 Å². The molecular weight excluding hydrogens is 342 g/mol. The SMILES string of the molecule is CC(=O)N1CCc2c(sc(NC(=O)c3cc(C)n(C)n3)c2C(N)=O)C1. The zero-order valence-corrected chi connectivity index (χ0v) is 15.1. The number of rotatable bonds is 3. The van der Waals surface area contributed by atoms with Crippen LogP contribution in [0.5, 0.6) is 0 Å². The maximum Gasteiger partial charge on any atom is 0.276 e. The molecule has 0 saturated heterocycles. The van der Waals surface area contributed by atoms with Crippen molar-refractivity contribution in [1.29, 1.82) is 0 Å². The number of anilines is 1. The lowest BCUT2D eigenvalue weighted by Crippen LogP contribution is -2.34. The third-order valence-electron chi connectivity index (χ3n) is 4.32. The van der Waals surface area contributed by atoms with Crippen molar-refractivity contribution in [1.82, 2.24) is 14.7 Å². The Balaban J connectivity index is 1.92. The van der Waals surface area contributed by atoms with Crippen molar-refractivity contribution in [3.8, 4) is 0 Å². The standard InChI is InChI=1S/C16H19N5O3S/c1-8-6-11(19-20(8)3)15(24)18-16-13(14(17)23)10-4-5-21(9(2)22)7-12(10)25-16/h6H,4-5,7H2,1-3H3,(H2,17,23)(H,18,24). The molecule has 0 bridgehead atoms. The molecule has 1 aliphatic rings. The summed E-state index contributed by atoms with van der Waals surface area (Å²) in [7, 11) is 1.75. The predicted octanol–water partition coefficient (Wildman–Crippen LogP) is 1.05. The highest BCUT2D eigenvalue weighted by atomic mass is 32.1. The van der Waals surface area contributed by atoms with Crippen LogP contribution >= 0.6 is 11.3 Å². The van der Waals surface area contributed by atoms with Crippen molar-refractivity contribution < 1.29 is 14.4 Å². The Morgan fingerprint density at radius 2 is 2.08 bits per heavy atom. The van der Waals surface area contributed by atoms with Crippen molar-refractivity contribution in [3.63, 3.8) is 0 Å². The number of aromatic nitrogens is 2. The Hall–Kier alpha value is -2.68. The summed E-state index contributed by atoms with van der Waals surface area (Å²) in [6.45, 7) is 4.32. The molecular formula is C16H19N5O3S. The lowest BCUT2D eigenvalue weighted by molar-refractivity contribution is -0.129. The molecule has 3 rings (SSSR count). The Bertz CT molecular complexity index is 863. The number of primary amides is 1. The number of hydrogen-bond donors (Lipinski definition) is 2. The number of hydrogen-bond acceptors (Lipinski definition) is 5. The minimum absolute atomic E-state index is 0.0192. The van der Waals surface area contributed by atoms with E-state index in [1.165, 1.54) is 18.3 Å². The quantitative estimate of drug-likeness (QED) is 0.851. The Kier molecular flexibility index (Phi) is 4.34. The van der Waals surface area contributed by atoms with Crippen LogP contribution in [0.25, 0.3) is 0 Å². The topological polar surface area (TPSA) is 110 Å². The first kappa shape index (κ1) is 17.2. The van der Waals surface area contributed by atoms with Gasteiger partial charge in [-0.1, -0.05) is 0 Å². The smallest absolute Gasteiger partial charge is 0.276 e. The van der Waals surface area contributed by atoms with E-state index in [4.69, 9.17) is 5.73 Å². The van der Waals surface area contributed by atoms with Gasteiger partial charge in [0, 0.05) is 31.1 Å². The Labute approximate surface area is 148 Å². The van der Waals surface area contributed by atoms with Crippen molar-refractivity contribution in [2.24, 2.45) is 12.8 Å². The van der Waals surface area contributed by atoms with Gasteiger partial charge in [-0.15, -0.1) is 11.3 Å². The molecule has 0 aromatic carbocycles. The van der Waals surface area contributed by atoms with Gasteiger partial charge < -0.3 is 16.0 Å². The number of nitrogens with two attached hydrogens (primary N) is 1. The van der Waals surface area contributed by atoms with Crippen LogP contribution in [0.1, 0.15) is 43.9 Å². The zero-order chi connectivity index (χ0) is 18.3. The molecule has 1 aliphatic heterocycles. The summed E-state index contributed by atoms with van der Waals surface area (Å²) < 4.78 is 1.61. The van der Waals surface area contributed by atoms with Crippen LogP contribution in [0, 0.1) is 6.92 Å². The molecule has 0 unspecified atom stereocenters. The van der Waals surface area contributed by atoms with Crippen molar-refractivity contribution in [2.75, 3.05) is 11.9 Å². The molecule has 0 fully saturated rings. The van der Waals surface area contributed by atoms with E-state index >= 15 is 0 Å². The van der Waals surface area contributed by atoms with Gasteiger partial charge in [-0.05, 0) is 25.0 Å². The largest absolute Gasteiger partial charge is 0.365 e. The van der Waals surface area contributed by atoms with E-state index in [1.807, 2.05) is 6.92 Å². The van der Waals surface area contributed by atoms with Crippen molar-refractivity contribution in [3.05, 3.63) is 33.5 Å². The van der Waals surface area contributed by atoms with Crippen LogP contribution in [0.3, 0.4) is 0 Å². The highest BCUT2D eigenvalue weighted by Gasteiger charge is 2.29. The second-order valence-corrected chi connectivity index (χ2v) is 7.12. The minimum Gasteiger partial charge on any atom is -0.365 e. The molecule has 0 aliphatic carbocycles. The molecule has 132 valence electrons. The van der Waals surface area contributed by atoms with E-state index in [9.17, 15) is 14.4 Å². The highest BCUT2D eigenvalue weighted by molar-refractivity contribution is 7.17. The molecule has 0 radical (unpaired) electrons. The van der Waals surface area contributed by atoms with Crippen LogP contribution in [0.4, 0.5) is 5.00 Å². The molecule has 8 nitrogen and oxygen atoms in total. The second-order valence-electron chi connectivity index (χ2n) is 6.01. The number of nitrogens with one attached hydrogen (secondary N) is 1. The summed E-state index contributed by atoms with van der Waals surface area (Å²) in [6.07, 6.45) is 0.544. The molecule has 0 atom stereocenters. The normalized spacial score (nSPS) is 13.5. The van der Waals surface area contributed by atoms with E-state index in [0.29, 0.717) is 30.1 Å². The molecule has 0 saturated carbocycles. The minimum atomic E-state index is -0.582. The molecule has 3 amide bonds. The first-order chi connectivity index (χ1) is 11.8. The van der Waals surface area contributed by atoms with Gasteiger partial charge in [0.15, 0.2) is 5.69 Å². The summed E-state index contributed by atoms with van der Waals surface area (Å²) >= 11 is 1.28.